The Morgan fingerprint density at radius 2 is 1.90 bits per heavy atom. The summed E-state index contributed by atoms with van der Waals surface area (Å²) in [5.41, 5.74) is 0.511. The summed E-state index contributed by atoms with van der Waals surface area (Å²) in [7, 11) is 0. The molecular weight excluding hydrogens is 413 g/mol. The van der Waals surface area contributed by atoms with Crippen LogP contribution in [-0.4, -0.2) is 46.2 Å². The van der Waals surface area contributed by atoms with E-state index in [2.05, 4.69) is 15.6 Å². The van der Waals surface area contributed by atoms with E-state index >= 15 is 0 Å². The number of nitrogens with one attached hydrogen (secondary N) is 2. The molecule has 3 aliphatic carbocycles. The molecule has 1 aromatic heterocycles. The minimum atomic E-state index is -0.608. The number of benzene rings is 1. The standard InChI is InChI=1S/C21H21ClFN3O4/c22-15-2-1-14(8-16(15)23)30-9-18(28)25-20-10-21(11-20,12-20)26-19(29)17-7-13(4-6-27)3-5-24-17/h1-3,5,7-8,27H,4,6,9-12H2,(H,25,28)(H,26,29). The minimum absolute atomic E-state index is 0.00784. The second-order valence-corrected chi connectivity index (χ2v) is 8.39. The molecule has 3 saturated carbocycles. The molecule has 9 heteroatoms. The van der Waals surface area contributed by atoms with Gasteiger partial charge < -0.3 is 20.5 Å². The van der Waals surface area contributed by atoms with Crippen molar-refractivity contribution in [2.45, 2.75) is 36.8 Å². The number of pyridine rings is 1. The zero-order chi connectivity index (χ0) is 21.4. The quantitative estimate of drug-likeness (QED) is 0.591. The van der Waals surface area contributed by atoms with Crippen molar-refractivity contribution in [2.75, 3.05) is 13.2 Å². The molecular formula is C21H21ClFN3O4. The van der Waals surface area contributed by atoms with Crippen LogP contribution in [0.3, 0.4) is 0 Å². The van der Waals surface area contributed by atoms with Crippen LogP contribution < -0.4 is 15.4 Å². The van der Waals surface area contributed by atoms with Gasteiger partial charge in [0.15, 0.2) is 6.61 Å². The van der Waals surface area contributed by atoms with E-state index in [0.717, 1.165) is 11.6 Å². The van der Waals surface area contributed by atoms with Gasteiger partial charge in [0.1, 0.15) is 17.3 Å². The van der Waals surface area contributed by atoms with Gasteiger partial charge in [0.25, 0.3) is 11.8 Å². The number of rotatable bonds is 8. The fraction of sp³-hybridized carbons (Fsp3) is 0.381. The number of carbonyl (C=O) groups is 2. The SMILES string of the molecule is O=C(COc1ccc(Cl)c(F)c1)NC12CC(NC(=O)c3cc(CCO)ccn3)(C1)C2. The van der Waals surface area contributed by atoms with Crippen LogP contribution in [-0.2, 0) is 11.2 Å². The van der Waals surface area contributed by atoms with Gasteiger partial charge in [0.2, 0.25) is 0 Å². The van der Waals surface area contributed by atoms with Gasteiger partial charge in [-0.3, -0.25) is 14.6 Å². The van der Waals surface area contributed by atoms with Crippen LogP contribution in [0.5, 0.6) is 5.75 Å². The molecule has 30 heavy (non-hydrogen) atoms. The lowest BCUT2D eigenvalue weighted by atomic mass is 9.44. The maximum atomic E-state index is 13.4. The molecule has 0 aliphatic heterocycles. The second-order valence-electron chi connectivity index (χ2n) is 7.98. The molecule has 2 amide bonds. The number of ether oxygens (including phenoxy) is 1. The zero-order valence-corrected chi connectivity index (χ0v) is 16.8. The first-order valence-electron chi connectivity index (χ1n) is 9.59. The topological polar surface area (TPSA) is 101 Å². The summed E-state index contributed by atoms with van der Waals surface area (Å²) in [5.74, 6) is -0.946. The predicted octanol–water partition coefficient (Wildman–Crippen LogP) is 2.01. The van der Waals surface area contributed by atoms with Crippen molar-refractivity contribution in [3.63, 3.8) is 0 Å². The highest BCUT2D eigenvalue weighted by molar-refractivity contribution is 6.30. The van der Waals surface area contributed by atoms with Crippen molar-refractivity contribution < 1.29 is 23.8 Å². The Bertz CT molecular complexity index is 980. The number of aliphatic hydroxyl groups is 1. The normalized spacial score (nSPS) is 23.7. The van der Waals surface area contributed by atoms with Gasteiger partial charge in [-0.25, -0.2) is 4.39 Å². The van der Waals surface area contributed by atoms with E-state index in [1.54, 1.807) is 18.3 Å². The third kappa shape index (κ3) is 4.11. The highest BCUT2D eigenvalue weighted by atomic mass is 35.5. The van der Waals surface area contributed by atoms with E-state index in [1.165, 1.54) is 12.1 Å². The first kappa shape index (κ1) is 20.6. The number of nitrogens with zero attached hydrogens (tertiary/aromatic N) is 1. The smallest absolute Gasteiger partial charge is 0.270 e. The molecule has 3 N–H and O–H groups in total. The van der Waals surface area contributed by atoms with E-state index in [-0.39, 0.29) is 46.9 Å². The Balaban J connectivity index is 1.24. The molecule has 7 nitrogen and oxygen atoms in total. The van der Waals surface area contributed by atoms with Gasteiger partial charge in [0, 0.05) is 29.9 Å². The molecule has 1 aromatic carbocycles. The molecule has 1 heterocycles. The summed E-state index contributed by atoms with van der Waals surface area (Å²) in [6.07, 6.45) is 3.94. The van der Waals surface area contributed by atoms with Crippen molar-refractivity contribution in [3.05, 3.63) is 58.6 Å². The van der Waals surface area contributed by atoms with Crippen LogP contribution in [0.2, 0.25) is 5.02 Å². The maximum absolute atomic E-state index is 13.4. The van der Waals surface area contributed by atoms with Gasteiger partial charge in [-0.05, 0) is 55.5 Å². The monoisotopic (exact) mass is 433 g/mol. The van der Waals surface area contributed by atoms with Crippen LogP contribution >= 0.6 is 11.6 Å². The van der Waals surface area contributed by atoms with Gasteiger partial charge in [-0.2, -0.15) is 0 Å². The number of amides is 2. The Hall–Kier alpha value is -2.71. The summed E-state index contributed by atoms with van der Waals surface area (Å²) in [4.78, 5) is 28.8. The Morgan fingerprint density at radius 3 is 2.60 bits per heavy atom. The number of aromatic nitrogens is 1. The number of hydrogen-bond acceptors (Lipinski definition) is 5. The van der Waals surface area contributed by atoms with E-state index < -0.39 is 5.82 Å². The fourth-order valence-corrected chi connectivity index (χ4v) is 4.41. The number of aliphatic hydroxyl groups excluding tert-OH is 1. The Kier molecular flexibility index (Phi) is 5.38. The van der Waals surface area contributed by atoms with Gasteiger partial charge in [-0.15, -0.1) is 0 Å². The molecule has 158 valence electrons. The summed E-state index contributed by atoms with van der Waals surface area (Å²) in [6, 6.07) is 7.43. The van der Waals surface area contributed by atoms with Gasteiger partial charge >= 0.3 is 0 Å². The summed E-state index contributed by atoms with van der Waals surface area (Å²) in [6.45, 7) is -0.225. The molecule has 2 aromatic rings. The molecule has 2 bridgehead atoms. The van der Waals surface area contributed by atoms with Crippen LogP contribution in [0.1, 0.15) is 35.3 Å². The predicted molar refractivity (Wildman–Crippen MR) is 107 cm³/mol. The molecule has 3 fully saturated rings. The Labute approximate surface area is 177 Å². The first-order valence-corrected chi connectivity index (χ1v) is 9.97. The van der Waals surface area contributed by atoms with Crippen molar-refractivity contribution >= 4 is 23.4 Å². The van der Waals surface area contributed by atoms with Crippen molar-refractivity contribution in [3.8, 4) is 5.75 Å². The number of halogens is 2. The second kappa shape index (κ2) is 7.85. The van der Waals surface area contributed by atoms with E-state index in [0.29, 0.717) is 31.4 Å². The lowest BCUT2D eigenvalue weighted by Gasteiger charge is -2.70. The van der Waals surface area contributed by atoms with E-state index in [4.69, 9.17) is 21.4 Å². The molecule has 0 spiro atoms. The molecule has 0 saturated heterocycles. The van der Waals surface area contributed by atoms with Crippen LogP contribution in [0.15, 0.2) is 36.5 Å². The molecule has 0 unspecified atom stereocenters. The number of hydrogen-bond donors (Lipinski definition) is 3. The van der Waals surface area contributed by atoms with Crippen LogP contribution in [0.4, 0.5) is 4.39 Å². The average Bonchev–Trinajstić information content (AvgIpc) is 2.66. The molecule has 3 aliphatic rings. The van der Waals surface area contributed by atoms with Crippen molar-refractivity contribution in [1.29, 1.82) is 0 Å². The highest BCUT2D eigenvalue weighted by Gasteiger charge is 2.69. The largest absolute Gasteiger partial charge is 0.484 e. The van der Waals surface area contributed by atoms with Crippen LogP contribution in [0.25, 0.3) is 0 Å². The lowest BCUT2D eigenvalue weighted by molar-refractivity contribution is -0.141. The van der Waals surface area contributed by atoms with E-state index in [1.807, 2.05) is 0 Å². The van der Waals surface area contributed by atoms with E-state index in [9.17, 15) is 14.0 Å². The minimum Gasteiger partial charge on any atom is -0.484 e. The van der Waals surface area contributed by atoms with Crippen molar-refractivity contribution in [1.82, 2.24) is 15.6 Å². The molecule has 0 radical (unpaired) electrons. The Morgan fingerprint density at radius 1 is 1.17 bits per heavy atom. The van der Waals surface area contributed by atoms with Gasteiger partial charge in [0.05, 0.1) is 5.02 Å². The summed E-state index contributed by atoms with van der Waals surface area (Å²) in [5, 5.41) is 15.0. The summed E-state index contributed by atoms with van der Waals surface area (Å²) < 4.78 is 18.7. The highest BCUT2D eigenvalue weighted by Crippen LogP contribution is 2.60. The fourth-order valence-electron chi connectivity index (χ4n) is 4.29. The summed E-state index contributed by atoms with van der Waals surface area (Å²) >= 11 is 5.62. The molecule has 5 rings (SSSR count). The third-order valence-corrected chi connectivity index (χ3v) is 5.84. The van der Waals surface area contributed by atoms with Crippen LogP contribution in [0, 0.1) is 5.82 Å². The average molecular weight is 434 g/mol. The zero-order valence-electron chi connectivity index (χ0n) is 16.1. The third-order valence-electron chi connectivity index (χ3n) is 5.53. The van der Waals surface area contributed by atoms with Gasteiger partial charge in [-0.1, -0.05) is 11.6 Å². The first-order chi connectivity index (χ1) is 14.3. The maximum Gasteiger partial charge on any atom is 0.270 e. The lowest BCUT2D eigenvalue weighted by Crippen LogP contribution is -2.84. The number of carbonyl (C=O) groups excluding carboxylic acids is 2. The molecule has 0 atom stereocenters. The van der Waals surface area contributed by atoms with Crippen molar-refractivity contribution in [2.24, 2.45) is 0 Å².